The molecule has 1 aromatic rings. The Kier molecular flexibility index (Phi) is 4.76. The van der Waals surface area contributed by atoms with Gasteiger partial charge in [-0.25, -0.2) is 5.01 Å². The molecule has 3 N–H and O–H groups in total. The molecule has 1 aliphatic heterocycles. The van der Waals surface area contributed by atoms with Crippen LogP contribution < -0.4 is 16.1 Å². The molecule has 1 amide bonds. The molecule has 1 aliphatic rings. The van der Waals surface area contributed by atoms with Gasteiger partial charge in [0.2, 0.25) is 6.41 Å². The summed E-state index contributed by atoms with van der Waals surface area (Å²) in [7, 11) is 0. The second kappa shape index (κ2) is 6.54. The highest BCUT2D eigenvalue weighted by atomic mass is 16.1. The summed E-state index contributed by atoms with van der Waals surface area (Å²) in [5, 5.41) is 8.88. The fraction of sp³-hybridized carbons (Fsp3) is 0.500. The summed E-state index contributed by atoms with van der Waals surface area (Å²) in [6, 6.07) is 8.62. The van der Waals surface area contributed by atoms with E-state index in [0.29, 0.717) is 6.04 Å². The molecule has 0 unspecified atom stereocenters. The number of para-hydroxylation sites is 1. The van der Waals surface area contributed by atoms with Crippen molar-refractivity contribution in [2.24, 2.45) is 0 Å². The maximum atomic E-state index is 10.6. The first kappa shape index (κ1) is 13.8. The van der Waals surface area contributed by atoms with Crippen molar-refractivity contribution in [2.75, 3.05) is 11.9 Å². The molecule has 0 fully saturated rings. The van der Waals surface area contributed by atoms with Crippen LogP contribution in [0.15, 0.2) is 24.3 Å². The molecule has 5 nitrogen and oxygen atoms in total. The van der Waals surface area contributed by atoms with Crippen molar-refractivity contribution in [3.8, 4) is 0 Å². The van der Waals surface area contributed by atoms with Gasteiger partial charge in [-0.05, 0) is 31.9 Å². The second-order valence-corrected chi connectivity index (χ2v) is 5.06. The number of fused-ring (bicyclic) bond motifs is 1. The number of nitrogens with one attached hydrogen (secondary N) is 3. The van der Waals surface area contributed by atoms with Gasteiger partial charge in [-0.3, -0.25) is 15.5 Å². The molecular formula is C14H22N4O. The van der Waals surface area contributed by atoms with Crippen molar-refractivity contribution < 1.29 is 4.79 Å². The quantitative estimate of drug-likeness (QED) is 0.534. The number of hydrogen-bond donors (Lipinski definition) is 3. The number of nitrogens with zero attached hydrogens (tertiary/aromatic N) is 1. The van der Waals surface area contributed by atoms with Crippen LogP contribution in [0.5, 0.6) is 0 Å². The molecule has 0 aromatic heterocycles. The first-order chi connectivity index (χ1) is 9.20. The van der Waals surface area contributed by atoms with E-state index in [1.54, 1.807) is 0 Å². The summed E-state index contributed by atoms with van der Waals surface area (Å²) < 4.78 is 0. The van der Waals surface area contributed by atoms with Gasteiger partial charge < -0.3 is 5.32 Å². The average Bonchev–Trinajstić information content (AvgIpc) is 2.43. The van der Waals surface area contributed by atoms with E-state index in [1.165, 1.54) is 11.3 Å². The number of hydrazine groups is 1. The molecule has 0 radical (unpaired) electrons. The van der Waals surface area contributed by atoms with Crippen LogP contribution in [-0.2, 0) is 11.3 Å². The van der Waals surface area contributed by atoms with Crippen LogP contribution in [0.4, 0.5) is 5.69 Å². The Labute approximate surface area is 114 Å². The standard InChI is InChI=1S/C14H22N4O/c1-11(2)18(16-10-19)8-7-14-15-9-12-5-3-4-6-13(12)17-14/h3-6,10-11,14-15,17H,7-9H2,1-2H3,(H,16,19)/t14-/m0/s1. The van der Waals surface area contributed by atoms with E-state index in [1.807, 2.05) is 11.1 Å². The van der Waals surface area contributed by atoms with E-state index < -0.39 is 0 Å². The molecule has 104 valence electrons. The predicted molar refractivity (Wildman–Crippen MR) is 76.4 cm³/mol. The molecule has 19 heavy (non-hydrogen) atoms. The Hall–Kier alpha value is -1.59. The number of amides is 1. The Bertz CT molecular complexity index is 422. The van der Waals surface area contributed by atoms with Crippen LogP contribution in [0.3, 0.4) is 0 Å². The molecule has 0 aliphatic carbocycles. The molecule has 5 heteroatoms. The highest BCUT2D eigenvalue weighted by Gasteiger charge is 2.17. The smallest absolute Gasteiger partial charge is 0.221 e. The van der Waals surface area contributed by atoms with E-state index in [0.717, 1.165) is 25.9 Å². The average molecular weight is 262 g/mol. The SMILES string of the molecule is CC(C)N(CC[C@H]1NCc2ccccc2N1)NC=O. The number of carbonyl (C=O) groups is 1. The first-order valence-corrected chi connectivity index (χ1v) is 6.75. The van der Waals surface area contributed by atoms with Crippen LogP contribution in [0.2, 0.25) is 0 Å². The van der Waals surface area contributed by atoms with Crippen molar-refractivity contribution in [1.82, 2.24) is 15.8 Å². The van der Waals surface area contributed by atoms with Gasteiger partial charge in [0.15, 0.2) is 0 Å². The summed E-state index contributed by atoms with van der Waals surface area (Å²) in [5.41, 5.74) is 5.23. The molecule has 0 saturated heterocycles. The van der Waals surface area contributed by atoms with Crippen molar-refractivity contribution in [1.29, 1.82) is 0 Å². The van der Waals surface area contributed by atoms with Crippen molar-refractivity contribution in [2.45, 2.75) is 39.0 Å². The summed E-state index contributed by atoms with van der Waals surface area (Å²) in [5.74, 6) is 0. The molecule has 0 bridgehead atoms. The summed E-state index contributed by atoms with van der Waals surface area (Å²) >= 11 is 0. The first-order valence-electron chi connectivity index (χ1n) is 6.75. The van der Waals surface area contributed by atoms with Gasteiger partial charge in [0.1, 0.15) is 0 Å². The fourth-order valence-corrected chi connectivity index (χ4v) is 2.27. The van der Waals surface area contributed by atoms with Crippen LogP contribution >= 0.6 is 0 Å². The molecule has 1 heterocycles. The normalized spacial score (nSPS) is 18.0. The van der Waals surface area contributed by atoms with E-state index in [-0.39, 0.29) is 6.17 Å². The summed E-state index contributed by atoms with van der Waals surface area (Å²) in [6.45, 7) is 5.82. The maximum absolute atomic E-state index is 10.6. The Morgan fingerprint density at radius 3 is 3.00 bits per heavy atom. The third kappa shape index (κ3) is 3.68. The van der Waals surface area contributed by atoms with Gasteiger partial charge >= 0.3 is 0 Å². The minimum absolute atomic E-state index is 0.240. The van der Waals surface area contributed by atoms with E-state index in [2.05, 4.69) is 48.1 Å². The second-order valence-electron chi connectivity index (χ2n) is 5.06. The molecule has 1 atom stereocenters. The maximum Gasteiger partial charge on any atom is 0.221 e. The zero-order valence-electron chi connectivity index (χ0n) is 11.5. The van der Waals surface area contributed by atoms with E-state index in [9.17, 15) is 4.79 Å². The van der Waals surface area contributed by atoms with Crippen LogP contribution in [0.1, 0.15) is 25.8 Å². The molecule has 0 saturated carbocycles. The van der Waals surface area contributed by atoms with Crippen molar-refractivity contribution in [3.05, 3.63) is 29.8 Å². The molecule has 2 rings (SSSR count). The van der Waals surface area contributed by atoms with E-state index in [4.69, 9.17) is 0 Å². The number of benzene rings is 1. The Morgan fingerprint density at radius 2 is 2.26 bits per heavy atom. The summed E-state index contributed by atoms with van der Waals surface area (Å²) in [4.78, 5) is 10.6. The minimum atomic E-state index is 0.240. The lowest BCUT2D eigenvalue weighted by Crippen LogP contribution is -2.47. The highest BCUT2D eigenvalue weighted by molar-refractivity contribution is 5.53. The third-order valence-electron chi connectivity index (χ3n) is 3.39. The predicted octanol–water partition coefficient (Wildman–Crippen LogP) is 1.29. The number of hydrogen-bond acceptors (Lipinski definition) is 4. The monoisotopic (exact) mass is 262 g/mol. The van der Waals surface area contributed by atoms with Gasteiger partial charge in [-0.2, -0.15) is 0 Å². The van der Waals surface area contributed by atoms with Gasteiger partial charge in [0.25, 0.3) is 0 Å². The van der Waals surface area contributed by atoms with Crippen LogP contribution in [0, 0.1) is 0 Å². The third-order valence-corrected chi connectivity index (χ3v) is 3.39. The summed E-state index contributed by atoms with van der Waals surface area (Å²) in [6.07, 6.45) is 1.90. The number of rotatable bonds is 6. The Morgan fingerprint density at radius 1 is 1.47 bits per heavy atom. The Balaban J connectivity index is 1.86. The largest absolute Gasteiger partial charge is 0.370 e. The van der Waals surface area contributed by atoms with Crippen molar-refractivity contribution >= 4 is 12.1 Å². The van der Waals surface area contributed by atoms with Gasteiger partial charge in [0.05, 0.1) is 6.17 Å². The lowest BCUT2D eigenvalue weighted by atomic mass is 10.1. The van der Waals surface area contributed by atoms with Gasteiger partial charge in [0, 0.05) is 24.8 Å². The topological polar surface area (TPSA) is 56.4 Å². The minimum Gasteiger partial charge on any atom is -0.370 e. The zero-order chi connectivity index (χ0) is 13.7. The van der Waals surface area contributed by atoms with Crippen molar-refractivity contribution in [3.63, 3.8) is 0 Å². The molecule has 1 aromatic carbocycles. The number of carbonyl (C=O) groups excluding carboxylic acids is 1. The van der Waals surface area contributed by atoms with Crippen LogP contribution in [0.25, 0.3) is 0 Å². The van der Waals surface area contributed by atoms with Crippen LogP contribution in [-0.4, -0.2) is 30.2 Å². The number of anilines is 1. The fourth-order valence-electron chi connectivity index (χ4n) is 2.27. The lowest BCUT2D eigenvalue weighted by molar-refractivity contribution is -0.114. The van der Waals surface area contributed by atoms with Gasteiger partial charge in [-0.1, -0.05) is 18.2 Å². The van der Waals surface area contributed by atoms with E-state index >= 15 is 0 Å². The highest BCUT2D eigenvalue weighted by Crippen LogP contribution is 2.20. The zero-order valence-corrected chi connectivity index (χ0v) is 11.5. The molecule has 0 spiro atoms. The van der Waals surface area contributed by atoms with Gasteiger partial charge in [-0.15, -0.1) is 0 Å². The molecular weight excluding hydrogens is 240 g/mol. The lowest BCUT2D eigenvalue weighted by Gasteiger charge is -2.31.